The average molecular weight is 419 g/mol. The van der Waals surface area contributed by atoms with Crippen LogP contribution in [0.4, 0.5) is 5.69 Å². The van der Waals surface area contributed by atoms with Gasteiger partial charge in [0.05, 0.1) is 12.2 Å². The van der Waals surface area contributed by atoms with Crippen molar-refractivity contribution in [2.75, 3.05) is 25.0 Å². The second-order valence-corrected chi connectivity index (χ2v) is 8.41. The molecule has 1 N–H and O–H groups in total. The summed E-state index contributed by atoms with van der Waals surface area (Å²) < 4.78 is 5.66. The minimum absolute atomic E-state index is 0.214. The topological polar surface area (TPSA) is 58.6 Å². The van der Waals surface area contributed by atoms with E-state index in [-0.39, 0.29) is 11.9 Å². The van der Waals surface area contributed by atoms with E-state index in [0.717, 1.165) is 12.0 Å². The molecule has 2 aliphatic heterocycles. The number of benzene rings is 2. The molecular weight excluding hydrogens is 388 g/mol. The number of nitrogens with one attached hydrogen (secondary N) is 1. The smallest absolute Gasteiger partial charge is 0.338 e. The molecule has 31 heavy (non-hydrogen) atoms. The molecule has 4 rings (SSSR count). The molecule has 0 unspecified atom stereocenters. The summed E-state index contributed by atoms with van der Waals surface area (Å²) in [4.78, 5) is 27.2. The van der Waals surface area contributed by atoms with Gasteiger partial charge in [0.1, 0.15) is 0 Å². The summed E-state index contributed by atoms with van der Waals surface area (Å²) in [5.41, 5.74) is 2.11. The van der Waals surface area contributed by atoms with Gasteiger partial charge in [-0.3, -0.25) is 9.69 Å². The number of ether oxygens (including phenoxy) is 1. The Kier molecular flexibility index (Phi) is 7.15. The van der Waals surface area contributed by atoms with Gasteiger partial charge < -0.3 is 10.1 Å². The number of amides is 1. The molecule has 2 saturated heterocycles. The number of anilines is 1. The van der Waals surface area contributed by atoms with Gasteiger partial charge in [0.2, 0.25) is 5.91 Å². The number of esters is 1. The van der Waals surface area contributed by atoms with Gasteiger partial charge >= 0.3 is 5.97 Å². The molecule has 0 aromatic heterocycles. The lowest BCUT2D eigenvalue weighted by Crippen LogP contribution is -2.49. The lowest BCUT2D eigenvalue weighted by Gasteiger charge is -2.44. The van der Waals surface area contributed by atoms with Crippen LogP contribution in [0.3, 0.4) is 0 Å². The third-order valence-corrected chi connectivity index (χ3v) is 6.27. The van der Waals surface area contributed by atoms with Crippen LogP contribution in [0, 0.1) is 5.92 Å². The van der Waals surface area contributed by atoms with Gasteiger partial charge in [-0.1, -0.05) is 36.8 Å². The van der Waals surface area contributed by atoms with Crippen molar-refractivity contribution >= 4 is 23.6 Å². The molecule has 0 saturated carbocycles. The molecule has 1 amide bonds. The fourth-order valence-electron chi connectivity index (χ4n) is 4.65. The van der Waals surface area contributed by atoms with E-state index in [0.29, 0.717) is 29.8 Å². The minimum Gasteiger partial charge on any atom is -0.462 e. The third-order valence-electron chi connectivity index (χ3n) is 6.27. The highest BCUT2D eigenvalue weighted by molar-refractivity contribution is 6.02. The maximum Gasteiger partial charge on any atom is 0.338 e. The van der Waals surface area contributed by atoms with Crippen molar-refractivity contribution in [3.8, 4) is 0 Å². The fraction of sp³-hybridized carbons (Fsp3) is 0.385. The summed E-state index contributed by atoms with van der Waals surface area (Å²) >= 11 is 0. The zero-order chi connectivity index (χ0) is 21.5. The molecule has 5 nitrogen and oxygen atoms in total. The maximum absolute atomic E-state index is 12.5. The van der Waals surface area contributed by atoms with Gasteiger partial charge in [-0.2, -0.15) is 0 Å². The van der Waals surface area contributed by atoms with Crippen molar-refractivity contribution in [1.29, 1.82) is 0 Å². The SMILES string of the molecule is O=C(/C=C/c1ccccc1)Nc1ccc(C(=O)OC[C@@H]2CCCN3CCCC[C@H]23)cc1. The van der Waals surface area contributed by atoms with Crippen LogP contribution in [0.5, 0.6) is 0 Å². The zero-order valence-corrected chi connectivity index (χ0v) is 17.8. The summed E-state index contributed by atoms with van der Waals surface area (Å²) in [6.45, 7) is 2.86. The second kappa shape index (κ2) is 10.4. The molecule has 0 spiro atoms. The van der Waals surface area contributed by atoms with Crippen molar-refractivity contribution in [3.63, 3.8) is 0 Å². The van der Waals surface area contributed by atoms with Crippen LogP contribution in [0.1, 0.15) is 48.0 Å². The Morgan fingerprint density at radius 1 is 0.968 bits per heavy atom. The van der Waals surface area contributed by atoms with Crippen molar-refractivity contribution in [2.45, 2.75) is 38.1 Å². The quantitative estimate of drug-likeness (QED) is 0.543. The van der Waals surface area contributed by atoms with E-state index in [1.54, 1.807) is 30.3 Å². The first-order valence-corrected chi connectivity index (χ1v) is 11.2. The number of nitrogens with zero attached hydrogens (tertiary/aromatic N) is 1. The first kappa shape index (κ1) is 21.3. The van der Waals surface area contributed by atoms with E-state index in [2.05, 4.69) is 10.2 Å². The van der Waals surface area contributed by atoms with Gasteiger partial charge in [0.15, 0.2) is 0 Å². The van der Waals surface area contributed by atoms with Crippen LogP contribution >= 0.6 is 0 Å². The highest BCUT2D eigenvalue weighted by atomic mass is 16.5. The van der Waals surface area contributed by atoms with Crippen LogP contribution in [-0.4, -0.2) is 42.5 Å². The molecule has 2 fully saturated rings. The van der Waals surface area contributed by atoms with Crippen LogP contribution in [-0.2, 0) is 9.53 Å². The molecule has 0 aliphatic carbocycles. The number of hydrogen-bond donors (Lipinski definition) is 1. The first-order chi connectivity index (χ1) is 15.2. The van der Waals surface area contributed by atoms with Gasteiger partial charge in [0, 0.05) is 23.7 Å². The van der Waals surface area contributed by atoms with E-state index in [1.165, 1.54) is 44.8 Å². The zero-order valence-electron chi connectivity index (χ0n) is 17.8. The van der Waals surface area contributed by atoms with E-state index in [1.807, 2.05) is 30.3 Å². The number of rotatable bonds is 6. The number of carbonyl (C=O) groups is 2. The third kappa shape index (κ3) is 5.82. The lowest BCUT2D eigenvalue weighted by molar-refractivity contribution is -0.111. The summed E-state index contributed by atoms with van der Waals surface area (Å²) in [6.07, 6.45) is 9.36. The summed E-state index contributed by atoms with van der Waals surface area (Å²) in [6, 6.07) is 17.1. The van der Waals surface area contributed by atoms with Crippen LogP contribution in [0.15, 0.2) is 60.7 Å². The predicted molar refractivity (Wildman–Crippen MR) is 123 cm³/mol. The first-order valence-electron chi connectivity index (χ1n) is 11.2. The minimum atomic E-state index is -0.296. The Morgan fingerprint density at radius 2 is 1.74 bits per heavy atom. The molecule has 2 aliphatic rings. The van der Waals surface area contributed by atoms with Crippen LogP contribution in [0.25, 0.3) is 6.08 Å². The second-order valence-electron chi connectivity index (χ2n) is 8.41. The van der Waals surface area contributed by atoms with Gasteiger partial charge in [-0.05, 0) is 74.7 Å². The van der Waals surface area contributed by atoms with E-state index >= 15 is 0 Å². The van der Waals surface area contributed by atoms with Crippen molar-refractivity contribution < 1.29 is 14.3 Å². The summed E-state index contributed by atoms with van der Waals surface area (Å²) in [7, 11) is 0. The molecule has 5 heteroatoms. The average Bonchev–Trinajstić information content (AvgIpc) is 2.82. The lowest BCUT2D eigenvalue weighted by atomic mass is 9.84. The Hall–Kier alpha value is -2.92. The number of piperidine rings is 2. The molecule has 2 aromatic rings. The Bertz CT molecular complexity index is 906. The molecule has 0 radical (unpaired) electrons. The molecule has 2 atom stereocenters. The fourth-order valence-corrected chi connectivity index (χ4v) is 4.65. The van der Waals surface area contributed by atoms with Crippen molar-refractivity contribution in [1.82, 2.24) is 4.90 Å². The number of carbonyl (C=O) groups excluding carboxylic acids is 2. The maximum atomic E-state index is 12.5. The van der Waals surface area contributed by atoms with Gasteiger partial charge in [-0.15, -0.1) is 0 Å². The Morgan fingerprint density at radius 3 is 2.55 bits per heavy atom. The van der Waals surface area contributed by atoms with E-state index in [4.69, 9.17) is 4.74 Å². The standard InChI is InChI=1S/C26H30N2O3/c29-25(16-11-20-7-2-1-3-8-20)27-23-14-12-21(13-15-23)26(30)31-19-22-9-6-18-28-17-5-4-10-24(22)28/h1-3,7-8,11-16,22,24H,4-6,9-10,17-19H2,(H,27,29)/b16-11+/t22-,24+/m0/s1. The molecule has 2 aromatic carbocycles. The highest BCUT2D eigenvalue weighted by Crippen LogP contribution is 2.31. The Labute approximate surface area is 184 Å². The summed E-state index contributed by atoms with van der Waals surface area (Å²) in [5.74, 6) is -0.0729. The monoisotopic (exact) mass is 418 g/mol. The van der Waals surface area contributed by atoms with Crippen LogP contribution in [0.2, 0.25) is 0 Å². The van der Waals surface area contributed by atoms with E-state index in [9.17, 15) is 9.59 Å². The van der Waals surface area contributed by atoms with Crippen molar-refractivity contribution in [3.05, 3.63) is 71.8 Å². The highest BCUT2D eigenvalue weighted by Gasteiger charge is 2.33. The van der Waals surface area contributed by atoms with Crippen LogP contribution < -0.4 is 5.32 Å². The number of fused-ring (bicyclic) bond motifs is 1. The largest absolute Gasteiger partial charge is 0.462 e. The van der Waals surface area contributed by atoms with Gasteiger partial charge in [-0.25, -0.2) is 4.79 Å². The molecule has 2 heterocycles. The normalized spacial score (nSPS) is 21.4. The Balaban J connectivity index is 1.27. The van der Waals surface area contributed by atoms with Gasteiger partial charge in [0.25, 0.3) is 0 Å². The molecule has 0 bridgehead atoms. The summed E-state index contributed by atoms with van der Waals surface area (Å²) in [5, 5.41) is 2.81. The van der Waals surface area contributed by atoms with E-state index < -0.39 is 0 Å². The molecule has 162 valence electrons. The number of hydrogen-bond acceptors (Lipinski definition) is 4. The van der Waals surface area contributed by atoms with Crippen molar-refractivity contribution in [2.24, 2.45) is 5.92 Å². The molecular formula is C26H30N2O3. The predicted octanol–water partition coefficient (Wildman–Crippen LogP) is 4.76.